The van der Waals surface area contributed by atoms with Crippen molar-refractivity contribution in [2.45, 2.75) is 0 Å². The number of nitrogens with two attached hydrogens (primary N) is 1. The molecule has 29 heavy (non-hydrogen) atoms. The van der Waals surface area contributed by atoms with Crippen LogP contribution in [0.5, 0.6) is 0 Å². The van der Waals surface area contributed by atoms with Crippen molar-refractivity contribution in [2.24, 2.45) is 15.8 Å². The van der Waals surface area contributed by atoms with Crippen LogP contribution in [0.2, 0.25) is 0 Å². The molecule has 0 fully saturated rings. The van der Waals surface area contributed by atoms with Gasteiger partial charge in [0.25, 0.3) is 0 Å². The topological polar surface area (TPSA) is 62.8 Å². The van der Waals surface area contributed by atoms with Crippen LogP contribution in [0.3, 0.4) is 0 Å². The Kier molecular flexibility index (Phi) is 5.34. The number of hydrazone groups is 1. The molecule has 0 aliphatic heterocycles. The van der Waals surface area contributed by atoms with E-state index in [4.69, 9.17) is 5.73 Å². The molecule has 0 spiro atoms. The molecule has 0 bridgehead atoms. The quantitative estimate of drug-likeness (QED) is 0.305. The maximum atomic E-state index is 6.19. The molecule has 0 aromatic heterocycles. The van der Waals surface area contributed by atoms with Crippen molar-refractivity contribution < 1.29 is 0 Å². The number of aliphatic imine (C=N–C) groups is 1. The Labute approximate surface area is 170 Å². The lowest BCUT2D eigenvalue weighted by molar-refractivity contribution is 0.898. The highest BCUT2D eigenvalue weighted by Gasteiger charge is 2.08. The SMILES string of the molecule is CNN=C(N=C(N)c1ccccc1)c1ccc(-c2cccc3ccccc23)cc1. The van der Waals surface area contributed by atoms with Crippen molar-refractivity contribution in [1.82, 2.24) is 5.43 Å². The summed E-state index contributed by atoms with van der Waals surface area (Å²) in [6.07, 6.45) is 0. The van der Waals surface area contributed by atoms with Gasteiger partial charge >= 0.3 is 0 Å². The molecule has 0 saturated carbocycles. The van der Waals surface area contributed by atoms with Crippen LogP contribution in [0.1, 0.15) is 11.1 Å². The van der Waals surface area contributed by atoms with E-state index in [1.165, 1.54) is 16.3 Å². The van der Waals surface area contributed by atoms with E-state index in [-0.39, 0.29) is 0 Å². The van der Waals surface area contributed by atoms with Crippen molar-refractivity contribution in [3.63, 3.8) is 0 Å². The summed E-state index contributed by atoms with van der Waals surface area (Å²) in [5.74, 6) is 0.969. The minimum absolute atomic E-state index is 0.428. The van der Waals surface area contributed by atoms with Crippen LogP contribution in [0.15, 0.2) is 107 Å². The van der Waals surface area contributed by atoms with Crippen molar-refractivity contribution in [3.8, 4) is 11.1 Å². The molecule has 4 rings (SSSR count). The second-order valence-corrected chi connectivity index (χ2v) is 6.63. The third kappa shape index (κ3) is 4.01. The molecule has 0 unspecified atom stereocenters. The van der Waals surface area contributed by atoms with Gasteiger partial charge in [-0.05, 0) is 21.9 Å². The highest BCUT2D eigenvalue weighted by Crippen LogP contribution is 2.28. The van der Waals surface area contributed by atoms with Crippen LogP contribution in [-0.4, -0.2) is 18.7 Å². The number of amidine groups is 2. The number of fused-ring (bicyclic) bond motifs is 1. The van der Waals surface area contributed by atoms with Gasteiger partial charge < -0.3 is 11.2 Å². The lowest BCUT2D eigenvalue weighted by Gasteiger charge is -2.09. The molecule has 3 N–H and O–H groups in total. The second kappa shape index (κ2) is 8.40. The van der Waals surface area contributed by atoms with Gasteiger partial charge in [-0.1, -0.05) is 97.1 Å². The molecule has 4 aromatic rings. The number of benzene rings is 4. The average Bonchev–Trinajstić information content (AvgIpc) is 2.79. The first kappa shape index (κ1) is 18.4. The molecule has 4 aromatic carbocycles. The Morgan fingerprint density at radius 3 is 2.17 bits per heavy atom. The molecule has 0 amide bonds. The van der Waals surface area contributed by atoms with Gasteiger partial charge in [-0.3, -0.25) is 0 Å². The number of hydrogen-bond acceptors (Lipinski definition) is 2. The zero-order valence-corrected chi connectivity index (χ0v) is 16.2. The molecule has 0 atom stereocenters. The fraction of sp³-hybridized carbons (Fsp3) is 0.0400. The molecule has 0 aliphatic carbocycles. The van der Waals surface area contributed by atoms with E-state index in [0.717, 1.165) is 16.7 Å². The number of nitrogens with zero attached hydrogens (tertiary/aromatic N) is 2. The van der Waals surface area contributed by atoms with Gasteiger partial charge in [-0.15, -0.1) is 0 Å². The maximum Gasteiger partial charge on any atom is 0.180 e. The third-order valence-electron chi connectivity index (χ3n) is 4.76. The lowest BCUT2D eigenvalue weighted by atomic mass is 9.97. The highest BCUT2D eigenvalue weighted by molar-refractivity contribution is 6.11. The Balaban J connectivity index is 1.69. The van der Waals surface area contributed by atoms with E-state index < -0.39 is 0 Å². The fourth-order valence-corrected chi connectivity index (χ4v) is 3.32. The molecule has 4 heteroatoms. The minimum atomic E-state index is 0.428. The van der Waals surface area contributed by atoms with Crippen LogP contribution < -0.4 is 11.2 Å². The van der Waals surface area contributed by atoms with Crippen LogP contribution >= 0.6 is 0 Å². The summed E-state index contributed by atoms with van der Waals surface area (Å²) in [5, 5.41) is 6.77. The Hall–Kier alpha value is -3.92. The van der Waals surface area contributed by atoms with E-state index in [0.29, 0.717) is 11.7 Å². The molecule has 142 valence electrons. The van der Waals surface area contributed by atoms with Crippen molar-refractivity contribution in [3.05, 3.63) is 108 Å². The fourth-order valence-electron chi connectivity index (χ4n) is 3.32. The Morgan fingerprint density at radius 2 is 1.41 bits per heavy atom. The number of hydrogen-bond donors (Lipinski definition) is 2. The standard InChI is InChI=1S/C25H22N4/c1-27-29-25(28-24(26)20-9-3-2-4-10-20)21-16-14-19(15-17-21)23-13-7-11-18-8-5-6-12-22(18)23/h2-17,27H,1H3,(H2,26,28,29). The molecule has 0 heterocycles. The first-order chi connectivity index (χ1) is 14.3. The molecular formula is C25H22N4. The van der Waals surface area contributed by atoms with Crippen molar-refractivity contribution in [1.29, 1.82) is 0 Å². The van der Waals surface area contributed by atoms with Crippen LogP contribution in [0, 0.1) is 0 Å². The zero-order valence-electron chi connectivity index (χ0n) is 16.2. The summed E-state index contributed by atoms with van der Waals surface area (Å²) < 4.78 is 0. The van der Waals surface area contributed by atoms with E-state index in [1.54, 1.807) is 7.05 Å². The normalized spacial score (nSPS) is 12.2. The molecule has 4 nitrogen and oxygen atoms in total. The molecule has 0 saturated heterocycles. The Morgan fingerprint density at radius 1 is 0.724 bits per heavy atom. The largest absolute Gasteiger partial charge is 0.383 e. The van der Waals surface area contributed by atoms with E-state index in [9.17, 15) is 0 Å². The summed E-state index contributed by atoms with van der Waals surface area (Å²) in [6, 6.07) is 32.7. The van der Waals surface area contributed by atoms with Gasteiger partial charge in [-0.2, -0.15) is 5.10 Å². The maximum absolute atomic E-state index is 6.19. The monoisotopic (exact) mass is 378 g/mol. The lowest BCUT2D eigenvalue weighted by Crippen LogP contribution is -2.17. The Bertz CT molecular complexity index is 1170. The van der Waals surface area contributed by atoms with Gasteiger partial charge in [0.2, 0.25) is 0 Å². The van der Waals surface area contributed by atoms with Gasteiger partial charge in [0.05, 0.1) is 0 Å². The van der Waals surface area contributed by atoms with Gasteiger partial charge in [0.1, 0.15) is 5.84 Å². The third-order valence-corrected chi connectivity index (χ3v) is 4.76. The molecule has 0 radical (unpaired) electrons. The van der Waals surface area contributed by atoms with E-state index in [2.05, 4.69) is 70.1 Å². The summed E-state index contributed by atoms with van der Waals surface area (Å²) in [7, 11) is 1.75. The minimum Gasteiger partial charge on any atom is -0.383 e. The van der Waals surface area contributed by atoms with E-state index in [1.807, 2.05) is 42.5 Å². The summed E-state index contributed by atoms with van der Waals surface area (Å²) in [5.41, 5.74) is 13.1. The number of rotatable bonds is 4. The van der Waals surface area contributed by atoms with E-state index >= 15 is 0 Å². The van der Waals surface area contributed by atoms with Crippen LogP contribution in [-0.2, 0) is 0 Å². The first-order valence-electron chi connectivity index (χ1n) is 9.49. The van der Waals surface area contributed by atoms with Gasteiger partial charge in [-0.25, -0.2) is 4.99 Å². The average molecular weight is 378 g/mol. The van der Waals surface area contributed by atoms with Crippen molar-refractivity contribution in [2.75, 3.05) is 7.05 Å². The van der Waals surface area contributed by atoms with Gasteiger partial charge in [0.15, 0.2) is 5.84 Å². The van der Waals surface area contributed by atoms with Crippen molar-refractivity contribution >= 4 is 22.4 Å². The van der Waals surface area contributed by atoms with Gasteiger partial charge in [0, 0.05) is 18.2 Å². The van der Waals surface area contributed by atoms with Crippen LogP contribution in [0.4, 0.5) is 0 Å². The smallest absolute Gasteiger partial charge is 0.180 e. The predicted octanol–water partition coefficient (Wildman–Crippen LogP) is 4.79. The van der Waals surface area contributed by atoms with Crippen LogP contribution in [0.25, 0.3) is 21.9 Å². The summed E-state index contributed by atoms with van der Waals surface area (Å²) >= 11 is 0. The molecule has 0 aliphatic rings. The number of nitrogens with one attached hydrogen (secondary N) is 1. The highest BCUT2D eigenvalue weighted by atomic mass is 15.3. The summed E-state index contributed by atoms with van der Waals surface area (Å²) in [6.45, 7) is 0. The first-order valence-corrected chi connectivity index (χ1v) is 9.49. The predicted molar refractivity (Wildman–Crippen MR) is 122 cm³/mol. The summed E-state index contributed by atoms with van der Waals surface area (Å²) in [4.78, 5) is 4.54. The molecular weight excluding hydrogens is 356 g/mol. The zero-order chi connectivity index (χ0) is 20.1. The second-order valence-electron chi connectivity index (χ2n) is 6.63.